The van der Waals surface area contributed by atoms with Crippen LogP contribution >= 0.6 is 23.2 Å². The molecule has 0 amide bonds. The number of nitrogens with zero attached hydrogens (tertiary/aromatic N) is 2. The van der Waals surface area contributed by atoms with Gasteiger partial charge < -0.3 is 5.32 Å². The summed E-state index contributed by atoms with van der Waals surface area (Å²) in [6.07, 6.45) is 2.83. The van der Waals surface area contributed by atoms with E-state index in [9.17, 15) is 0 Å². The molecule has 1 unspecified atom stereocenters. The maximum absolute atomic E-state index is 6.33. The van der Waals surface area contributed by atoms with Crippen LogP contribution in [0.5, 0.6) is 0 Å². The summed E-state index contributed by atoms with van der Waals surface area (Å²) < 4.78 is 1.85. The highest BCUT2D eigenvalue weighted by Crippen LogP contribution is 2.32. The zero-order valence-electron chi connectivity index (χ0n) is 11.0. The molecule has 1 aromatic carbocycles. The number of halogens is 2. The van der Waals surface area contributed by atoms with Crippen molar-refractivity contribution in [1.29, 1.82) is 0 Å². The van der Waals surface area contributed by atoms with E-state index in [0.717, 1.165) is 24.2 Å². The number of hydrogen-bond acceptors (Lipinski definition) is 2. The molecule has 0 aliphatic rings. The Hall–Kier alpha value is -1.03. The van der Waals surface area contributed by atoms with Crippen molar-refractivity contribution in [3.05, 3.63) is 51.8 Å². The summed E-state index contributed by atoms with van der Waals surface area (Å²) >= 11 is 12.4. The summed E-state index contributed by atoms with van der Waals surface area (Å²) in [5.74, 6) is 0. The fraction of sp³-hybridized carbons (Fsp3) is 0.357. The van der Waals surface area contributed by atoms with E-state index < -0.39 is 0 Å². The lowest BCUT2D eigenvalue weighted by molar-refractivity contribution is 0.554. The van der Waals surface area contributed by atoms with Crippen molar-refractivity contribution in [1.82, 2.24) is 15.1 Å². The van der Waals surface area contributed by atoms with Gasteiger partial charge in [0.25, 0.3) is 0 Å². The minimum atomic E-state index is -0.00125. The Bertz CT molecular complexity index is 551. The predicted molar refractivity (Wildman–Crippen MR) is 79.8 cm³/mol. The molecule has 102 valence electrons. The number of nitrogens with one attached hydrogen (secondary N) is 1. The molecule has 5 heteroatoms. The summed E-state index contributed by atoms with van der Waals surface area (Å²) in [4.78, 5) is 0. The summed E-state index contributed by atoms with van der Waals surface area (Å²) in [5, 5.41) is 8.89. The van der Waals surface area contributed by atoms with Crippen LogP contribution in [-0.2, 0) is 7.05 Å². The third-order valence-corrected chi connectivity index (χ3v) is 3.88. The Morgan fingerprint density at radius 1 is 1.32 bits per heavy atom. The molecule has 3 nitrogen and oxygen atoms in total. The van der Waals surface area contributed by atoms with Gasteiger partial charge in [-0.15, -0.1) is 0 Å². The van der Waals surface area contributed by atoms with Crippen LogP contribution in [0.15, 0.2) is 30.5 Å². The van der Waals surface area contributed by atoms with Gasteiger partial charge >= 0.3 is 0 Å². The maximum atomic E-state index is 6.33. The fourth-order valence-electron chi connectivity index (χ4n) is 2.07. The van der Waals surface area contributed by atoms with Gasteiger partial charge in [-0.25, -0.2) is 0 Å². The van der Waals surface area contributed by atoms with E-state index >= 15 is 0 Å². The Balaban J connectivity index is 2.43. The van der Waals surface area contributed by atoms with Gasteiger partial charge in [0.15, 0.2) is 0 Å². The number of aryl methyl sites for hydroxylation is 1. The Morgan fingerprint density at radius 3 is 2.74 bits per heavy atom. The average Bonchev–Trinajstić information content (AvgIpc) is 2.81. The lowest BCUT2D eigenvalue weighted by atomic mass is 10.0. The second-order valence-corrected chi connectivity index (χ2v) is 5.20. The van der Waals surface area contributed by atoms with Crippen LogP contribution in [-0.4, -0.2) is 16.3 Å². The number of aromatic nitrogens is 2. The highest BCUT2D eigenvalue weighted by atomic mass is 35.5. The quantitative estimate of drug-likeness (QED) is 0.909. The topological polar surface area (TPSA) is 29.9 Å². The SMILES string of the molecule is CCCNC(c1cccc(Cl)c1Cl)c1ccnn1C. The van der Waals surface area contributed by atoms with Crippen molar-refractivity contribution in [3.63, 3.8) is 0 Å². The normalized spacial score (nSPS) is 12.6. The first-order valence-corrected chi connectivity index (χ1v) is 7.06. The van der Waals surface area contributed by atoms with Crippen LogP contribution in [0.25, 0.3) is 0 Å². The first-order chi connectivity index (χ1) is 9.15. The molecule has 0 bridgehead atoms. The van der Waals surface area contributed by atoms with E-state index in [1.54, 1.807) is 12.3 Å². The molecule has 0 fully saturated rings. The van der Waals surface area contributed by atoms with Gasteiger partial charge in [-0.3, -0.25) is 4.68 Å². The van der Waals surface area contributed by atoms with E-state index in [-0.39, 0.29) is 6.04 Å². The minimum Gasteiger partial charge on any atom is -0.305 e. The van der Waals surface area contributed by atoms with Crippen molar-refractivity contribution in [2.45, 2.75) is 19.4 Å². The highest BCUT2D eigenvalue weighted by Gasteiger charge is 2.20. The number of rotatable bonds is 5. The van der Waals surface area contributed by atoms with Crippen molar-refractivity contribution in [2.24, 2.45) is 7.05 Å². The van der Waals surface area contributed by atoms with Crippen LogP contribution in [0.4, 0.5) is 0 Å². The average molecular weight is 298 g/mol. The van der Waals surface area contributed by atoms with E-state index in [4.69, 9.17) is 23.2 Å². The zero-order valence-corrected chi connectivity index (χ0v) is 12.5. The third kappa shape index (κ3) is 3.11. The largest absolute Gasteiger partial charge is 0.305 e. The molecular weight excluding hydrogens is 281 g/mol. The summed E-state index contributed by atoms with van der Waals surface area (Å²) in [5.41, 5.74) is 2.05. The standard InChI is InChI=1S/C14H17Cl2N3/c1-3-8-17-14(12-7-9-18-19(12)2)10-5-4-6-11(15)13(10)16/h4-7,9,14,17H,3,8H2,1-2H3. The molecule has 2 aromatic rings. The predicted octanol–water partition coefficient (Wildman–Crippen LogP) is 3.82. The van der Waals surface area contributed by atoms with Crippen LogP contribution in [0, 0.1) is 0 Å². The smallest absolute Gasteiger partial charge is 0.0763 e. The van der Waals surface area contributed by atoms with Crippen LogP contribution in [0.3, 0.4) is 0 Å². The molecule has 0 saturated carbocycles. The first kappa shape index (κ1) is 14.4. The zero-order chi connectivity index (χ0) is 13.8. The van der Waals surface area contributed by atoms with Gasteiger partial charge in [0.2, 0.25) is 0 Å². The van der Waals surface area contributed by atoms with Crippen LogP contribution in [0.1, 0.15) is 30.6 Å². The number of benzene rings is 1. The Labute approximate surface area is 123 Å². The lowest BCUT2D eigenvalue weighted by Crippen LogP contribution is -2.25. The number of hydrogen-bond donors (Lipinski definition) is 1. The maximum Gasteiger partial charge on any atom is 0.0763 e. The van der Waals surface area contributed by atoms with E-state index in [1.807, 2.05) is 29.9 Å². The Morgan fingerprint density at radius 2 is 2.11 bits per heavy atom. The van der Waals surface area contributed by atoms with Gasteiger partial charge in [0.05, 0.1) is 21.8 Å². The van der Waals surface area contributed by atoms with Crippen molar-refractivity contribution in [3.8, 4) is 0 Å². The summed E-state index contributed by atoms with van der Waals surface area (Å²) in [6.45, 7) is 3.03. The molecule has 0 radical (unpaired) electrons. The molecule has 0 aliphatic heterocycles. The van der Waals surface area contributed by atoms with Crippen LogP contribution < -0.4 is 5.32 Å². The molecule has 2 rings (SSSR count). The van der Waals surface area contributed by atoms with Crippen molar-refractivity contribution in [2.75, 3.05) is 6.54 Å². The second-order valence-electron chi connectivity index (χ2n) is 4.41. The molecule has 19 heavy (non-hydrogen) atoms. The second kappa shape index (κ2) is 6.42. The molecule has 1 N–H and O–H groups in total. The molecule has 1 aromatic heterocycles. The summed E-state index contributed by atoms with van der Waals surface area (Å²) in [7, 11) is 1.93. The van der Waals surface area contributed by atoms with E-state index in [0.29, 0.717) is 10.0 Å². The van der Waals surface area contributed by atoms with Gasteiger partial charge in [-0.05, 0) is 30.7 Å². The van der Waals surface area contributed by atoms with E-state index in [1.165, 1.54) is 0 Å². The van der Waals surface area contributed by atoms with Gasteiger partial charge in [0.1, 0.15) is 0 Å². The van der Waals surface area contributed by atoms with Gasteiger partial charge in [0, 0.05) is 13.2 Å². The van der Waals surface area contributed by atoms with Crippen molar-refractivity contribution >= 4 is 23.2 Å². The minimum absolute atomic E-state index is 0.00125. The molecule has 1 atom stereocenters. The highest BCUT2D eigenvalue weighted by molar-refractivity contribution is 6.42. The van der Waals surface area contributed by atoms with Crippen LogP contribution in [0.2, 0.25) is 10.0 Å². The van der Waals surface area contributed by atoms with Crippen molar-refractivity contribution < 1.29 is 0 Å². The fourth-order valence-corrected chi connectivity index (χ4v) is 2.49. The van der Waals surface area contributed by atoms with E-state index in [2.05, 4.69) is 17.3 Å². The molecule has 0 saturated heterocycles. The monoisotopic (exact) mass is 297 g/mol. The third-order valence-electron chi connectivity index (χ3n) is 3.05. The molecule has 0 aliphatic carbocycles. The molecular formula is C14H17Cl2N3. The molecule has 1 heterocycles. The molecule has 0 spiro atoms. The van der Waals surface area contributed by atoms with Gasteiger partial charge in [-0.1, -0.05) is 42.3 Å². The van der Waals surface area contributed by atoms with Gasteiger partial charge in [-0.2, -0.15) is 5.10 Å². The summed E-state index contributed by atoms with van der Waals surface area (Å²) in [6, 6.07) is 7.70. The Kier molecular flexibility index (Phi) is 4.86. The first-order valence-electron chi connectivity index (χ1n) is 6.30. The lowest BCUT2D eigenvalue weighted by Gasteiger charge is -2.21.